The molecule has 1 unspecified atom stereocenters. The number of carbonyl (C=O) groups is 1. The van der Waals surface area contributed by atoms with Gasteiger partial charge < -0.3 is 4.90 Å². The van der Waals surface area contributed by atoms with E-state index >= 15 is 0 Å². The van der Waals surface area contributed by atoms with Crippen LogP contribution >= 0.6 is 0 Å². The van der Waals surface area contributed by atoms with Crippen molar-refractivity contribution < 1.29 is 4.79 Å². The number of ketones is 1. The maximum atomic E-state index is 12.2. The molecule has 0 N–H and O–H groups in total. The molecule has 0 spiro atoms. The number of rotatable bonds is 4. The second-order valence-corrected chi connectivity index (χ2v) is 6.24. The van der Waals surface area contributed by atoms with Crippen molar-refractivity contribution >= 4 is 11.5 Å². The summed E-state index contributed by atoms with van der Waals surface area (Å²) in [6.07, 6.45) is 8.72. The van der Waals surface area contributed by atoms with Crippen molar-refractivity contribution in [2.24, 2.45) is 5.92 Å². The van der Waals surface area contributed by atoms with Crippen LogP contribution in [0.1, 0.15) is 62.2 Å². The normalized spacial score (nSPS) is 23.4. The minimum Gasteiger partial charge on any atom is -0.368 e. The Balaban J connectivity index is 1.89. The summed E-state index contributed by atoms with van der Waals surface area (Å²) in [4.78, 5) is 14.7. The summed E-state index contributed by atoms with van der Waals surface area (Å²) in [7, 11) is 0. The summed E-state index contributed by atoms with van der Waals surface area (Å²) in [6, 6.07) is 8.89. The molecular weight excluding hydrogens is 246 g/mol. The molecule has 1 aromatic rings. The molecule has 1 atom stereocenters. The Hall–Kier alpha value is -1.31. The number of hydrogen-bond donors (Lipinski definition) is 0. The van der Waals surface area contributed by atoms with Crippen LogP contribution in [-0.4, -0.2) is 18.4 Å². The average molecular weight is 271 g/mol. The van der Waals surface area contributed by atoms with Gasteiger partial charge >= 0.3 is 0 Å². The minimum absolute atomic E-state index is 0.276. The monoisotopic (exact) mass is 271 g/mol. The lowest BCUT2D eigenvalue weighted by Gasteiger charge is -2.32. The highest BCUT2D eigenvalue weighted by Crippen LogP contribution is 2.38. The summed E-state index contributed by atoms with van der Waals surface area (Å²) in [5, 5.41) is 0. The third kappa shape index (κ3) is 2.48. The maximum Gasteiger partial charge on any atom is 0.164 e. The van der Waals surface area contributed by atoms with Crippen LogP contribution in [0.15, 0.2) is 24.3 Å². The first kappa shape index (κ1) is 13.7. The van der Waals surface area contributed by atoms with Crippen LogP contribution in [0.2, 0.25) is 0 Å². The second kappa shape index (κ2) is 5.99. The van der Waals surface area contributed by atoms with Crippen molar-refractivity contribution in [3.8, 4) is 0 Å². The smallest absolute Gasteiger partial charge is 0.164 e. The number of anilines is 1. The topological polar surface area (TPSA) is 20.3 Å². The maximum absolute atomic E-state index is 12.2. The fourth-order valence-corrected chi connectivity index (χ4v) is 4.07. The highest BCUT2D eigenvalue weighted by Gasteiger charge is 2.34. The molecule has 2 nitrogen and oxygen atoms in total. The van der Waals surface area contributed by atoms with E-state index in [1.165, 1.54) is 44.2 Å². The van der Waals surface area contributed by atoms with Crippen LogP contribution in [0, 0.1) is 5.92 Å². The van der Waals surface area contributed by atoms with Crippen molar-refractivity contribution in [3.05, 3.63) is 29.8 Å². The van der Waals surface area contributed by atoms with Gasteiger partial charge in [-0.2, -0.15) is 0 Å². The van der Waals surface area contributed by atoms with Crippen molar-refractivity contribution in [3.63, 3.8) is 0 Å². The van der Waals surface area contributed by atoms with E-state index < -0.39 is 0 Å². The van der Waals surface area contributed by atoms with Crippen LogP contribution in [0.3, 0.4) is 0 Å². The Morgan fingerprint density at radius 3 is 2.65 bits per heavy atom. The minimum atomic E-state index is 0.276. The van der Waals surface area contributed by atoms with Gasteiger partial charge in [0, 0.05) is 30.3 Å². The van der Waals surface area contributed by atoms with Gasteiger partial charge in [0.05, 0.1) is 0 Å². The Morgan fingerprint density at radius 2 is 1.90 bits per heavy atom. The number of carbonyl (C=O) groups excluding carboxylic acids is 1. The zero-order chi connectivity index (χ0) is 13.9. The Morgan fingerprint density at radius 1 is 1.15 bits per heavy atom. The third-order valence-corrected chi connectivity index (χ3v) is 5.08. The molecule has 3 rings (SSSR count). The van der Waals surface area contributed by atoms with Gasteiger partial charge in [0.15, 0.2) is 5.78 Å². The molecule has 1 aliphatic carbocycles. The van der Waals surface area contributed by atoms with Gasteiger partial charge in [-0.05, 0) is 43.7 Å². The fourth-order valence-electron chi connectivity index (χ4n) is 4.07. The molecule has 2 aliphatic rings. The van der Waals surface area contributed by atoms with Gasteiger partial charge in [0.1, 0.15) is 0 Å². The zero-order valence-electron chi connectivity index (χ0n) is 12.5. The molecule has 2 fully saturated rings. The summed E-state index contributed by atoms with van der Waals surface area (Å²) in [5.41, 5.74) is 2.12. The molecule has 0 amide bonds. The van der Waals surface area contributed by atoms with Gasteiger partial charge in [-0.1, -0.05) is 31.9 Å². The Kier molecular flexibility index (Phi) is 4.09. The van der Waals surface area contributed by atoms with Gasteiger partial charge in [-0.3, -0.25) is 4.79 Å². The first-order chi connectivity index (χ1) is 9.81. The molecule has 1 heterocycles. The van der Waals surface area contributed by atoms with E-state index in [1.807, 2.05) is 19.1 Å². The van der Waals surface area contributed by atoms with E-state index in [1.54, 1.807) is 0 Å². The number of hydrogen-bond acceptors (Lipinski definition) is 2. The standard InChI is InChI=1S/C18H25NO/c1-2-18(20)15-10-5-6-11-17(15)19-13-7-12-16(19)14-8-3-4-9-14/h5-6,10-11,14,16H,2-4,7-9,12-13H2,1H3. The predicted molar refractivity (Wildman–Crippen MR) is 83.4 cm³/mol. The zero-order valence-corrected chi connectivity index (χ0v) is 12.5. The molecule has 1 saturated carbocycles. The van der Waals surface area contributed by atoms with Crippen molar-refractivity contribution in [1.29, 1.82) is 0 Å². The first-order valence-corrected chi connectivity index (χ1v) is 8.20. The van der Waals surface area contributed by atoms with E-state index in [0.717, 1.165) is 18.0 Å². The number of para-hydroxylation sites is 1. The molecule has 108 valence electrons. The lowest BCUT2D eigenvalue weighted by molar-refractivity contribution is 0.0988. The largest absolute Gasteiger partial charge is 0.368 e. The van der Waals surface area contributed by atoms with Crippen LogP contribution in [0.25, 0.3) is 0 Å². The summed E-state index contributed by atoms with van der Waals surface area (Å²) in [5.74, 6) is 1.12. The number of nitrogens with zero attached hydrogens (tertiary/aromatic N) is 1. The van der Waals surface area contributed by atoms with E-state index in [4.69, 9.17) is 0 Å². The molecule has 0 radical (unpaired) electrons. The molecule has 20 heavy (non-hydrogen) atoms. The van der Waals surface area contributed by atoms with E-state index in [2.05, 4.69) is 17.0 Å². The van der Waals surface area contributed by atoms with Crippen LogP contribution in [0.4, 0.5) is 5.69 Å². The second-order valence-electron chi connectivity index (χ2n) is 6.24. The van der Waals surface area contributed by atoms with Crippen molar-refractivity contribution in [1.82, 2.24) is 0 Å². The Bertz CT molecular complexity index is 476. The molecule has 1 aliphatic heterocycles. The van der Waals surface area contributed by atoms with Crippen molar-refractivity contribution in [2.45, 2.75) is 57.9 Å². The summed E-state index contributed by atoms with van der Waals surface area (Å²) < 4.78 is 0. The third-order valence-electron chi connectivity index (χ3n) is 5.08. The van der Waals surface area contributed by atoms with E-state index in [-0.39, 0.29) is 5.78 Å². The Labute approximate surface area is 122 Å². The predicted octanol–water partition coefficient (Wildman–Crippen LogP) is 4.44. The highest BCUT2D eigenvalue weighted by atomic mass is 16.1. The van der Waals surface area contributed by atoms with Gasteiger partial charge in [0.25, 0.3) is 0 Å². The van der Waals surface area contributed by atoms with Gasteiger partial charge in [-0.25, -0.2) is 0 Å². The summed E-state index contributed by atoms with van der Waals surface area (Å²) in [6.45, 7) is 3.08. The van der Waals surface area contributed by atoms with Crippen LogP contribution in [0.5, 0.6) is 0 Å². The first-order valence-electron chi connectivity index (χ1n) is 8.20. The van der Waals surface area contributed by atoms with E-state index in [9.17, 15) is 4.79 Å². The SMILES string of the molecule is CCC(=O)c1ccccc1N1CCCC1C1CCCC1. The van der Waals surface area contributed by atoms with Crippen LogP contribution in [-0.2, 0) is 0 Å². The number of Topliss-reactive ketones (excluding diaryl/α,β-unsaturated/α-hetero) is 1. The lowest BCUT2D eigenvalue weighted by atomic mass is 9.95. The quantitative estimate of drug-likeness (QED) is 0.755. The molecule has 1 saturated heterocycles. The number of benzene rings is 1. The molecule has 0 aromatic heterocycles. The summed E-state index contributed by atoms with van der Waals surface area (Å²) >= 11 is 0. The molecular formula is C18H25NO. The van der Waals surface area contributed by atoms with E-state index in [0.29, 0.717) is 12.5 Å². The molecule has 2 heteroatoms. The van der Waals surface area contributed by atoms with Crippen LogP contribution < -0.4 is 4.90 Å². The fraction of sp³-hybridized carbons (Fsp3) is 0.611. The van der Waals surface area contributed by atoms with Gasteiger partial charge in [0.2, 0.25) is 0 Å². The molecule has 0 bridgehead atoms. The van der Waals surface area contributed by atoms with Gasteiger partial charge in [-0.15, -0.1) is 0 Å². The average Bonchev–Trinajstić information content (AvgIpc) is 3.16. The lowest BCUT2D eigenvalue weighted by Crippen LogP contribution is -2.35. The molecule has 1 aromatic carbocycles. The van der Waals surface area contributed by atoms with Crippen molar-refractivity contribution in [2.75, 3.05) is 11.4 Å². The highest BCUT2D eigenvalue weighted by molar-refractivity contribution is 6.01.